The molecule has 0 aliphatic rings. The molecule has 1 heterocycles. The predicted molar refractivity (Wildman–Crippen MR) is 147 cm³/mol. The molecule has 0 fully saturated rings. The van der Waals surface area contributed by atoms with Gasteiger partial charge in [-0.3, -0.25) is 29.2 Å². The van der Waals surface area contributed by atoms with E-state index in [0.29, 0.717) is 23.5 Å². The van der Waals surface area contributed by atoms with E-state index in [1.54, 1.807) is 13.0 Å². The fourth-order valence-corrected chi connectivity index (χ4v) is 4.32. The van der Waals surface area contributed by atoms with Crippen molar-refractivity contribution in [2.24, 2.45) is 5.92 Å². The molecule has 2 rings (SSSR count). The zero-order valence-corrected chi connectivity index (χ0v) is 23.4. The van der Waals surface area contributed by atoms with Gasteiger partial charge in [0.1, 0.15) is 11.8 Å². The number of carbonyl (C=O) groups is 6. The number of aliphatic carboxylic acids is 2. The van der Waals surface area contributed by atoms with Crippen LogP contribution in [0.4, 0.5) is 0 Å². The molecule has 2 aromatic rings. The number of furan rings is 1. The first-order chi connectivity index (χ1) is 20.0. The highest BCUT2D eigenvalue weighted by atomic mass is 16.5. The molecule has 1 aromatic heterocycles. The Bertz CT molecular complexity index is 1260. The molecule has 14 heteroatoms. The van der Waals surface area contributed by atoms with Crippen LogP contribution in [0.2, 0.25) is 0 Å². The van der Waals surface area contributed by atoms with Crippen molar-refractivity contribution < 1.29 is 48.6 Å². The Balaban J connectivity index is 2.03. The van der Waals surface area contributed by atoms with Gasteiger partial charge < -0.3 is 30.6 Å². The van der Waals surface area contributed by atoms with Gasteiger partial charge in [0, 0.05) is 11.1 Å². The Morgan fingerprint density at radius 2 is 1.74 bits per heavy atom. The van der Waals surface area contributed by atoms with Gasteiger partial charge in [0.2, 0.25) is 12.3 Å². The molecule has 2 unspecified atom stereocenters. The third-order valence-electron chi connectivity index (χ3n) is 6.52. The fourth-order valence-electron chi connectivity index (χ4n) is 4.32. The Morgan fingerprint density at radius 1 is 1.00 bits per heavy atom. The highest BCUT2D eigenvalue weighted by molar-refractivity contribution is 5.98. The molecular formula is C28H36N4O10. The first-order valence-electron chi connectivity index (χ1n) is 13.5. The number of carboxylic acid groups (broad SMARTS) is 2. The molecule has 0 radical (unpaired) electrons. The Morgan fingerprint density at radius 3 is 2.36 bits per heavy atom. The fraction of sp³-hybridized carbons (Fsp3) is 0.429. The first-order valence-corrected chi connectivity index (χ1v) is 13.5. The first kappa shape index (κ1) is 33.5. The Kier molecular flexibility index (Phi) is 13.2. The van der Waals surface area contributed by atoms with Crippen molar-refractivity contribution >= 4 is 36.1 Å². The molecule has 3 atom stereocenters. The highest BCUT2D eigenvalue weighted by Crippen LogP contribution is 2.24. The lowest BCUT2D eigenvalue weighted by atomic mass is 9.90. The summed E-state index contributed by atoms with van der Waals surface area (Å²) >= 11 is 0. The molecule has 0 saturated heterocycles. The van der Waals surface area contributed by atoms with Crippen molar-refractivity contribution in [3.63, 3.8) is 0 Å². The minimum absolute atomic E-state index is 0.0455. The average molecular weight is 589 g/mol. The van der Waals surface area contributed by atoms with Crippen molar-refractivity contribution in [3.8, 4) is 11.3 Å². The zero-order chi connectivity index (χ0) is 31.2. The van der Waals surface area contributed by atoms with Gasteiger partial charge in [-0.2, -0.15) is 0 Å². The number of hydroxylamine groups is 2. The van der Waals surface area contributed by atoms with E-state index in [1.807, 2.05) is 6.92 Å². The molecule has 228 valence electrons. The minimum Gasteiger partial charge on any atom is -0.481 e. The standard InChI is InChI=1S/C28H36N4O10/c1-3-5-6-10-19(21(4-2)32(41)16-33)26(37)29-15-30-27(38)23-12-11-22(42-23)17-8-7-9-18(13-17)25(36)31-20(28(39)40)14-24(34)35/h7-9,11-13,16,19-21,41H,3-6,10,14-15H2,1-2H3,(H,29,37)(H,30,38)(H,31,36)(H,34,35)(H,39,40)/t19?,20?,21-/m1/s1. The molecule has 4 amide bonds. The van der Waals surface area contributed by atoms with E-state index in [0.717, 1.165) is 19.3 Å². The van der Waals surface area contributed by atoms with Crippen LogP contribution in [0.5, 0.6) is 0 Å². The van der Waals surface area contributed by atoms with Gasteiger partial charge in [-0.25, -0.2) is 9.86 Å². The van der Waals surface area contributed by atoms with E-state index in [2.05, 4.69) is 16.0 Å². The maximum Gasteiger partial charge on any atom is 0.326 e. The van der Waals surface area contributed by atoms with Crippen molar-refractivity contribution in [3.05, 3.63) is 47.7 Å². The number of hydrogen-bond acceptors (Lipinski definition) is 8. The summed E-state index contributed by atoms with van der Waals surface area (Å²) in [5.41, 5.74) is 0.438. The van der Waals surface area contributed by atoms with Crippen LogP contribution in [0.1, 0.15) is 73.3 Å². The second-order valence-corrected chi connectivity index (χ2v) is 9.49. The monoisotopic (exact) mass is 588 g/mol. The highest BCUT2D eigenvalue weighted by Gasteiger charge is 2.30. The number of benzene rings is 1. The lowest BCUT2D eigenvalue weighted by molar-refractivity contribution is -0.168. The van der Waals surface area contributed by atoms with Gasteiger partial charge in [0.05, 0.1) is 25.0 Å². The summed E-state index contributed by atoms with van der Waals surface area (Å²) in [6.07, 6.45) is 2.81. The van der Waals surface area contributed by atoms with Crippen LogP contribution in [0.25, 0.3) is 11.3 Å². The number of nitrogens with one attached hydrogen (secondary N) is 3. The van der Waals surface area contributed by atoms with Crippen LogP contribution >= 0.6 is 0 Å². The van der Waals surface area contributed by atoms with Crippen LogP contribution in [0, 0.1) is 5.92 Å². The van der Waals surface area contributed by atoms with Gasteiger partial charge in [-0.15, -0.1) is 0 Å². The van der Waals surface area contributed by atoms with E-state index >= 15 is 0 Å². The van der Waals surface area contributed by atoms with E-state index in [4.69, 9.17) is 14.6 Å². The second kappa shape index (κ2) is 16.5. The Labute approximate surface area is 242 Å². The summed E-state index contributed by atoms with van der Waals surface area (Å²) in [4.78, 5) is 71.3. The van der Waals surface area contributed by atoms with Crippen LogP contribution in [0.3, 0.4) is 0 Å². The maximum absolute atomic E-state index is 12.9. The summed E-state index contributed by atoms with van der Waals surface area (Å²) in [7, 11) is 0. The van der Waals surface area contributed by atoms with Gasteiger partial charge >= 0.3 is 11.9 Å². The van der Waals surface area contributed by atoms with E-state index in [1.165, 1.54) is 30.3 Å². The lowest BCUT2D eigenvalue weighted by Crippen LogP contribution is -2.47. The molecule has 14 nitrogen and oxygen atoms in total. The molecular weight excluding hydrogens is 552 g/mol. The predicted octanol–water partition coefficient (Wildman–Crippen LogP) is 2.23. The van der Waals surface area contributed by atoms with E-state index in [9.17, 15) is 34.0 Å². The van der Waals surface area contributed by atoms with Crippen LogP contribution < -0.4 is 16.0 Å². The van der Waals surface area contributed by atoms with E-state index in [-0.39, 0.29) is 30.2 Å². The largest absolute Gasteiger partial charge is 0.481 e. The topological polar surface area (TPSA) is 216 Å². The number of nitrogens with zero attached hydrogens (tertiary/aromatic N) is 1. The molecule has 1 aromatic carbocycles. The van der Waals surface area contributed by atoms with Crippen molar-refractivity contribution in [2.45, 2.75) is 64.5 Å². The van der Waals surface area contributed by atoms with Crippen LogP contribution in [-0.4, -0.2) is 75.3 Å². The van der Waals surface area contributed by atoms with Gasteiger partial charge in [0.15, 0.2) is 5.76 Å². The summed E-state index contributed by atoms with van der Waals surface area (Å²) in [5.74, 6) is -5.29. The molecule has 0 spiro atoms. The third-order valence-corrected chi connectivity index (χ3v) is 6.52. The molecule has 0 bridgehead atoms. The molecule has 6 N–H and O–H groups in total. The van der Waals surface area contributed by atoms with Crippen LogP contribution in [-0.2, 0) is 19.2 Å². The van der Waals surface area contributed by atoms with Crippen molar-refractivity contribution in [1.82, 2.24) is 21.0 Å². The Hall–Kier alpha value is -4.72. The van der Waals surface area contributed by atoms with Gasteiger partial charge in [0.25, 0.3) is 11.8 Å². The molecule has 0 aliphatic heterocycles. The van der Waals surface area contributed by atoms with Crippen molar-refractivity contribution in [1.29, 1.82) is 0 Å². The maximum atomic E-state index is 12.9. The minimum atomic E-state index is -1.62. The summed E-state index contributed by atoms with van der Waals surface area (Å²) in [6, 6.07) is 6.44. The summed E-state index contributed by atoms with van der Waals surface area (Å²) in [5, 5.41) is 35.7. The SMILES string of the molecule is CCCCCC(C(=O)NCNC(=O)c1ccc(-c2cccc(C(=O)NC(CC(=O)O)C(=O)O)c2)o1)[C@@H](CC)N(O)C=O. The van der Waals surface area contributed by atoms with Gasteiger partial charge in [-0.05, 0) is 37.1 Å². The van der Waals surface area contributed by atoms with E-state index < -0.39 is 54.1 Å². The number of unbranched alkanes of at least 4 members (excludes halogenated alkanes) is 2. The smallest absolute Gasteiger partial charge is 0.326 e. The lowest BCUT2D eigenvalue weighted by Gasteiger charge is -2.29. The normalized spacial score (nSPS) is 12.8. The van der Waals surface area contributed by atoms with Gasteiger partial charge in [-0.1, -0.05) is 45.2 Å². The molecule has 0 aliphatic carbocycles. The molecule has 0 saturated carbocycles. The number of hydrogen-bond donors (Lipinski definition) is 6. The molecule has 42 heavy (non-hydrogen) atoms. The second-order valence-electron chi connectivity index (χ2n) is 9.49. The zero-order valence-electron chi connectivity index (χ0n) is 23.4. The number of carbonyl (C=O) groups excluding carboxylic acids is 4. The number of carboxylic acids is 2. The number of amides is 4. The quantitative estimate of drug-likeness (QED) is 0.0491. The average Bonchev–Trinajstić information content (AvgIpc) is 3.46. The van der Waals surface area contributed by atoms with Crippen molar-refractivity contribution in [2.75, 3.05) is 6.67 Å². The van der Waals surface area contributed by atoms with Crippen LogP contribution in [0.15, 0.2) is 40.8 Å². The third kappa shape index (κ3) is 9.73. The number of rotatable bonds is 18. The summed E-state index contributed by atoms with van der Waals surface area (Å²) < 4.78 is 5.60. The summed E-state index contributed by atoms with van der Waals surface area (Å²) in [6.45, 7) is 3.53.